The van der Waals surface area contributed by atoms with Gasteiger partial charge in [-0.1, -0.05) is 0 Å². The average molecular weight is 358 g/mol. The molecule has 2 aliphatic rings. The van der Waals surface area contributed by atoms with E-state index in [0.717, 1.165) is 18.9 Å². The Balaban J connectivity index is 1.61. The molecule has 1 saturated carbocycles. The molecule has 0 atom stereocenters. The van der Waals surface area contributed by atoms with Crippen molar-refractivity contribution in [3.8, 4) is 0 Å². The van der Waals surface area contributed by atoms with Crippen LogP contribution >= 0.6 is 0 Å². The number of hydrogen-bond acceptors (Lipinski definition) is 2. The van der Waals surface area contributed by atoms with Gasteiger partial charge in [-0.25, -0.2) is 4.39 Å². The van der Waals surface area contributed by atoms with Crippen LogP contribution in [0.25, 0.3) is 0 Å². The third-order valence-corrected chi connectivity index (χ3v) is 4.60. The lowest BCUT2D eigenvalue weighted by Crippen LogP contribution is -2.47. The lowest BCUT2D eigenvalue weighted by molar-refractivity contribution is -0.140. The van der Waals surface area contributed by atoms with Gasteiger partial charge in [-0.05, 0) is 43.9 Å². The van der Waals surface area contributed by atoms with Gasteiger partial charge in [-0.2, -0.15) is 13.2 Å². The number of likely N-dealkylation sites (tertiary alicyclic amines) is 1. The summed E-state index contributed by atoms with van der Waals surface area (Å²) in [4.78, 5) is 25.6. The molecule has 1 aliphatic heterocycles. The van der Waals surface area contributed by atoms with Crippen LogP contribution in [0.4, 0.5) is 17.6 Å². The molecule has 0 radical (unpaired) electrons. The van der Waals surface area contributed by atoms with Crippen molar-refractivity contribution in [3.63, 3.8) is 0 Å². The summed E-state index contributed by atoms with van der Waals surface area (Å²) in [5.41, 5.74) is -1.63. The molecule has 136 valence electrons. The van der Waals surface area contributed by atoms with Gasteiger partial charge in [0.15, 0.2) is 0 Å². The Bertz CT molecular complexity index is 678. The van der Waals surface area contributed by atoms with Gasteiger partial charge in [-0.3, -0.25) is 9.59 Å². The summed E-state index contributed by atoms with van der Waals surface area (Å²) in [5, 5.41) is 2.94. The Labute approximate surface area is 142 Å². The van der Waals surface area contributed by atoms with Crippen LogP contribution in [0.3, 0.4) is 0 Å². The van der Waals surface area contributed by atoms with Gasteiger partial charge in [0.25, 0.3) is 5.91 Å². The van der Waals surface area contributed by atoms with Crippen LogP contribution in [0.1, 0.15) is 41.6 Å². The van der Waals surface area contributed by atoms with Crippen molar-refractivity contribution < 1.29 is 27.2 Å². The van der Waals surface area contributed by atoms with Gasteiger partial charge in [-0.15, -0.1) is 0 Å². The molecule has 0 bridgehead atoms. The summed E-state index contributed by atoms with van der Waals surface area (Å²) in [6.45, 7) is 0.681. The number of amides is 2. The molecule has 0 spiro atoms. The normalized spacial score (nSPS) is 19.0. The molecule has 8 heteroatoms. The number of piperidine rings is 1. The fraction of sp³-hybridized carbons (Fsp3) is 0.529. The van der Waals surface area contributed by atoms with Crippen LogP contribution in [0, 0.1) is 11.7 Å². The first-order valence-corrected chi connectivity index (χ1v) is 8.22. The number of alkyl halides is 3. The average Bonchev–Trinajstić information content (AvgIpc) is 3.39. The van der Waals surface area contributed by atoms with Crippen molar-refractivity contribution in [2.24, 2.45) is 5.92 Å². The maximum Gasteiger partial charge on any atom is 0.419 e. The van der Waals surface area contributed by atoms with E-state index in [0.29, 0.717) is 38.1 Å². The number of halogens is 4. The van der Waals surface area contributed by atoms with Crippen LogP contribution in [-0.4, -0.2) is 35.8 Å². The lowest BCUT2D eigenvalue weighted by atomic mass is 10.0. The molecule has 4 nitrogen and oxygen atoms in total. The second-order valence-electron chi connectivity index (χ2n) is 6.54. The number of carbonyl (C=O) groups is 2. The summed E-state index contributed by atoms with van der Waals surface area (Å²) < 4.78 is 51.6. The quantitative estimate of drug-likeness (QED) is 0.845. The molecule has 0 unspecified atom stereocenters. The maximum absolute atomic E-state index is 13.3. The second kappa shape index (κ2) is 6.65. The Morgan fingerprint density at radius 3 is 2.28 bits per heavy atom. The largest absolute Gasteiger partial charge is 0.419 e. The van der Waals surface area contributed by atoms with Crippen LogP contribution in [0.5, 0.6) is 0 Å². The molecule has 2 amide bonds. The molecule has 1 N–H and O–H groups in total. The molecule has 3 rings (SSSR count). The zero-order chi connectivity index (χ0) is 18.2. The van der Waals surface area contributed by atoms with E-state index in [9.17, 15) is 27.2 Å². The number of rotatable bonds is 3. The molecule has 1 aromatic carbocycles. The SMILES string of the molecule is O=C(NC1CCN(C(=O)c2ccc(F)c(C(F)(F)F)c2)CC1)C1CC1. The van der Waals surface area contributed by atoms with Gasteiger partial charge in [0.05, 0.1) is 5.56 Å². The molecular weight excluding hydrogens is 340 g/mol. The highest BCUT2D eigenvalue weighted by atomic mass is 19.4. The van der Waals surface area contributed by atoms with Crippen LogP contribution in [-0.2, 0) is 11.0 Å². The van der Waals surface area contributed by atoms with Gasteiger partial charge >= 0.3 is 6.18 Å². The van der Waals surface area contributed by atoms with Gasteiger partial charge in [0.1, 0.15) is 5.82 Å². The van der Waals surface area contributed by atoms with Crippen molar-refractivity contribution in [1.82, 2.24) is 10.2 Å². The van der Waals surface area contributed by atoms with E-state index < -0.39 is 23.5 Å². The summed E-state index contributed by atoms with van der Waals surface area (Å²) in [7, 11) is 0. The standard InChI is InChI=1S/C17H18F4N2O2/c18-14-4-3-11(9-13(14)17(19,20)21)16(25)23-7-5-12(6-8-23)22-15(24)10-1-2-10/h3-4,9-10,12H,1-2,5-8H2,(H,22,24). The van der Waals surface area contributed by atoms with E-state index >= 15 is 0 Å². The van der Waals surface area contributed by atoms with E-state index in [4.69, 9.17) is 0 Å². The molecule has 1 heterocycles. The molecule has 25 heavy (non-hydrogen) atoms. The summed E-state index contributed by atoms with van der Waals surface area (Å²) in [5.74, 6) is -1.80. The Morgan fingerprint density at radius 1 is 1.08 bits per heavy atom. The zero-order valence-corrected chi connectivity index (χ0v) is 13.4. The minimum atomic E-state index is -4.85. The van der Waals surface area contributed by atoms with E-state index in [-0.39, 0.29) is 23.4 Å². The number of hydrogen-bond donors (Lipinski definition) is 1. The summed E-state index contributed by atoms with van der Waals surface area (Å²) in [6.07, 6.45) is -1.92. The highest BCUT2D eigenvalue weighted by molar-refractivity contribution is 5.94. The number of nitrogens with zero attached hydrogens (tertiary/aromatic N) is 1. The second-order valence-corrected chi connectivity index (χ2v) is 6.54. The monoisotopic (exact) mass is 358 g/mol. The van der Waals surface area contributed by atoms with Crippen molar-refractivity contribution >= 4 is 11.8 Å². The number of carbonyl (C=O) groups excluding carboxylic acids is 2. The summed E-state index contributed by atoms with van der Waals surface area (Å²) in [6, 6.07) is 2.27. The van der Waals surface area contributed by atoms with Crippen molar-refractivity contribution in [3.05, 3.63) is 35.1 Å². The highest BCUT2D eigenvalue weighted by Crippen LogP contribution is 2.32. The first-order chi connectivity index (χ1) is 11.8. The first kappa shape index (κ1) is 17.7. The van der Waals surface area contributed by atoms with E-state index in [1.807, 2.05) is 0 Å². The smallest absolute Gasteiger partial charge is 0.353 e. The minimum absolute atomic E-state index is 0.0175. The number of benzene rings is 1. The molecule has 1 aromatic rings. The molecule has 0 aromatic heterocycles. The van der Waals surface area contributed by atoms with Crippen LogP contribution in [0.2, 0.25) is 0 Å². The fourth-order valence-corrected chi connectivity index (χ4v) is 2.95. The molecule has 1 saturated heterocycles. The fourth-order valence-electron chi connectivity index (χ4n) is 2.95. The lowest BCUT2D eigenvalue weighted by Gasteiger charge is -2.32. The Kier molecular flexibility index (Phi) is 4.71. The van der Waals surface area contributed by atoms with E-state index in [1.165, 1.54) is 4.90 Å². The third-order valence-electron chi connectivity index (χ3n) is 4.60. The van der Waals surface area contributed by atoms with Crippen molar-refractivity contribution in [2.75, 3.05) is 13.1 Å². The number of nitrogens with one attached hydrogen (secondary N) is 1. The molecule has 2 fully saturated rings. The predicted octanol–water partition coefficient (Wildman–Crippen LogP) is 2.98. The third kappa shape index (κ3) is 4.11. The van der Waals surface area contributed by atoms with E-state index in [2.05, 4.69) is 5.32 Å². The van der Waals surface area contributed by atoms with Gasteiger partial charge in [0.2, 0.25) is 5.91 Å². The predicted molar refractivity (Wildman–Crippen MR) is 81.2 cm³/mol. The zero-order valence-electron chi connectivity index (χ0n) is 13.4. The summed E-state index contributed by atoms with van der Waals surface area (Å²) >= 11 is 0. The van der Waals surface area contributed by atoms with Gasteiger partial charge < -0.3 is 10.2 Å². The van der Waals surface area contributed by atoms with Crippen molar-refractivity contribution in [2.45, 2.75) is 37.9 Å². The molecule has 1 aliphatic carbocycles. The van der Waals surface area contributed by atoms with Gasteiger partial charge in [0, 0.05) is 30.6 Å². The first-order valence-electron chi connectivity index (χ1n) is 8.22. The Hall–Kier alpha value is -2.12. The van der Waals surface area contributed by atoms with Crippen molar-refractivity contribution in [1.29, 1.82) is 0 Å². The van der Waals surface area contributed by atoms with Crippen LogP contribution < -0.4 is 5.32 Å². The Morgan fingerprint density at radius 2 is 1.72 bits per heavy atom. The van der Waals surface area contributed by atoms with E-state index in [1.54, 1.807) is 0 Å². The topological polar surface area (TPSA) is 49.4 Å². The van der Waals surface area contributed by atoms with Crippen LogP contribution in [0.15, 0.2) is 18.2 Å². The maximum atomic E-state index is 13.3. The minimum Gasteiger partial charge on any atom is -0.353 e. The molecular formula is C17H18F4N2O2. The highest BCUT2D eigenvalue weighted by Gasteiger charge is 2.36.